The molecule has 0 atom stereocenters. The molecule has 0 saturated heterocycles. The number of fused-ring (bicyclic) bond motifs is 1. The van der Waals surface area contributed by atoms with Crippen LogP contribution in [0, 0.1) is 0 Å². The summed E-state index contributed by atoms with van der Waals surface area (Å²) in [4.78, 5) is 24.1. The molecule has 0 aliphatic carbocycles. The number of sulfonamides is 1. The number of aromatic nitrogens is 1. The van der Waals surface area contributed by atoms with Gasteiger partial charge in [-0.2, -0.15) is 0 Å². The van der Waals surface area contributed by atoms with Crippen molar-refractivity contribution in [1.82, 2.24) is 8.87 Å². The summed E-state index contributed by atoms with van der Waals surface area (Å²) < 4.78 is 37.3. The van der Waals surface area contributed by atoms with Gasteiger partial charge >= 0.3 is 5.63 Å². The maximum Gasteiger partial charge on any atom is 0.336 e. The zero-order chi connectivity index (χ0) is 19.8. The number of rotatable bonds is 5. The molecule has 9 heteroatoms. The molecule has 0 aliphatic rings. The fourth-order valence-electron chi connectivity index (χ4n) is 2.65. The molecule has 2 heterocycles. The van der Waals surface area contributed by atoms with Crippen LogP contribution in [-0.4, -0.2) is 38.5 Å². The summed E-state index contributed by atoms with van der Waals surface area (Å²) in [5.41, 5.74) is -0.106. The van der Waals surface area contributed by atoms with Crippen LogP contribution < -0.4 is 15.9 Å². The average molecular weight is 390 g/mol. The van der Waals surface area contributed by atoms with Crippen molar-refractivity contribution >= 4 is 21.0 Å². The molecule has 0 aliphatic heterocycles. The molecule has 27 heavy (non-hydrogen) atoms. The van der Waals surface area contributed by atoms with E-state index in [1.54, 1.807) is 18.2 Å². The van der Waals surface area contributed by atoms with Crippen molar-refractivity contribution in [1.29, 1.82) is 0 Å². The maximum absolute atomic E-state index is 12.3. The summed E-state index contributed by atoms with van der Waals surface area (Å²) in [7, 11) is 0.630. The second-order valence-electron chi connectivity index (χ2n) is 6.07. The molecule has 0 amide bonds. The fourth-order valence-corrected chi connectivity index (χ4v) is 3.57. The van der Waals surface area contributed by atoms with Gasteiger partial charge in [-0.1, -0.05) is 0 Å². The van der Waals surface area contributed by atoms with E-state index in [0.717, 1.165) is 4.31 Å². The van der Waals surface area contributed by atoms with Gasteiger partial charge in [0.1, 0.15) is 11.3 Å². The Hall–Kier alpha value is -2.91. The highest BCUT2D eigenvalue weighted by molar-refractivity contribution is 7.89. The van der Waals surface area contributed by atoms with E-state index in [4.69, 9.17) is 9.15 Å². The summed E-state index contributed by atoms with van der Waals surface area (Å²) >= 11 is 0. The molecule has 2 aromatic heterocycles. The summed E-state index contributed by atoms with van der Waals surface area (Å²) in [6.45, 7) is 0.0179. The van der Waals surface area contributed by atoms with Crippen LogP contribution in [-0.2, 0) is 16.6 Å². The molecule has 8 nitrogen and oxygen atoms in total. The van der Waals surface area contributed by atoms with E-state index in [0.29, 0.717) is 22.3 Å². The first-order valence-corrected chi connectivity index (χ1v) is 9.40. The highest BCUT2D eigenvalue weighted by Gasteiger charge is 2.18. The Morgan fingerprint density at radius 3 is 2.52 bits per heavy atom. The normalized spacial score (nSPS) is 11.9. The Kier molecular flexibility index (Phi) is 4.90. The number of hydrogen-bond acceptors (Lipinski definition) is 6. The van der Waals surface area contributed by atoms with Gasteiger partial charge < -0.3 is 13.7 Å². The molecular formula is C18H18N2O6S. The Labute approximate surface area is 155 Å². The van der Waals surface area contributed by atoms with Crippen LogP contribution in [0.1, 0.15) is 5.56 Å². The van der Waals surface area contributed by atoms with Gasteiger partial charge in [-0.3, -0.25) is 4.79 Å². The number of hydrogen-bond donors (Lipinski definition) is 0. The van der Waals surface area contributed by atoms with Gasteiger partial charge in [-0.25, -0.2) is 17.5 Å². The third kappa shape index (κ3) is 3.64. The van der Waals surface area contributed by atoms with E-state index in [-0.39, 0.29) is 17.0 Å². The smallest absolute Gasteiger partial charge is 0.336 e. The Morgan fingerprint density at radius 1 is 1.11 bits per heavy atom. The minimum Gasteiger partial charge on any atom is -0.497 e. The van der Waals surface area contributed by atoms with E-state index in [2.05, 4.69) is 0 Å². The van der Waals surface area contributed by atoms with Crippen LogP contribution in [0.15, 0.2) is 61.5 Å². The van der Waals surface area contributed by atoms with E-state index < -0.39 is 15.6 Å². The van der Waals surface area contributed by atoms with Crippen LogP contribution in [0.4, 0.5) is 0 Å². The second-order valence-corrected chi connectivity index (χ2v) is 8.22. The molecule has 0 spiro atoms. The SMILES string of the molecule is COc1ccc2c(Cn3cc(S(=O)(=O)N(C)C)ccc3=O)cc(=O)oc2c1. The molecule has 0 saturated carbocycles. The van der Waals surface area contributed by atoms with Crippen LogP contribution >= 0.6 is 0 Å². The van der Waals surface area contributed by atoms with Gasteiger partial charge in [0.2, 0.25) is 10.0 Å². The standard InChI is InChI=1S/C18H18N2O6S/c1-19(2)27(23,24)14-5-7-17(21)20(11-14)10-12-8-18(22)26-16-9-13(25-3)4-6-15(12)16/h4-9,11H,10H2,1-3H3. The van der Waals surface area contributed by atoms with Crippen molar-refractivity contribution in [2.24, 2.45) is 0 Å². The van der Waals surface area contributed by atoms with E-state index in [9.17, 15) is 18.0 Å². The van der Waals surface area contributed by atoms with Gasteiger partial charge in [0.15, 0.2) is 0 Å². The molecule has 0 radical (unpaired) electrons. The lowest BCUT2D eigenvalue weighted by Crippen LogP contribution is -2.26. The third-order valence-electron chi connectivity index (χ3n) is 4.11. The minimum atomic E-state index is -3.69. The summed E-state index contributed by atoms with van der Waals surface area (Å²) in [5.74, 6) is 0.527. The lowest BCUT2D eigenvalue weighted by Gasteiger charge is -2.14. The van der Waals surface area contributed by atoms with E-state index in [1.165, 1.54) is 50.2 Å². The zero-order valence-electron chi connectivity index (χ0n) is 15.0. The monoisotopic (exact) mass is 390 g/mol. The predicted octanol–water partition coefficient (Wildman–Crippen LogP) is 1.26. The first-order chi connectivity index (χ1) is 12.7. The highest BCUT2D eigenvalue weighted by atomic mass is 32.2. The quantitative estimate of drug-likeness (QED) is 0.608. The lowest BCUT2D eigenvalue weighted by atomic mass is 10.1. The predicted molar refractivity (Wildman–Crippen MR) is 99.7 cm³/mol. The lowest BCUT2D eigenvalue weighted by molar-refractivity contribution is 0.414. The Bertz CT molecular complexity index is 1220. The van der Waals surface area contributed by atoms with Gasteiger partial charge in [-0.05, 0) is 23.8 Å². The van der Waals surface area contributed by atoms with Crippen molar-refractivity contribution in [2.45, 2.75) is 11.4 Å². The number of nitrogens with zero attached hydrogens (tertiary/aromatic N) is 2. The number of pyridine rings is 1. The van der Waals surface area contributed by atoms with Crippen LogP contribution in [0.2, 0.25) is 0 Å². The molecule has 142 valence electrons. The van der Waals surface area contributed by atoms with Crippen LogP contribution in [0.3, 0.4) is 0 Å². The highest BCUT2D eigenvalue weighted by Crippen LogP contribution is 2.23. The number of ether oxygens (including phenoxy) is 1. The molecule has 1 aromatic carbocycles. The van der Waals surface area contributed by atoms with E-state index in [1.807, 2.05) is 0 Å². The molecule has 0 bridgehead atoms. The zero-order valence-corrected chi connectivity index (χ0v) is 15.8. The minimum absolute atomic E-state index is 0.0129. The topological polar surface area (TPSA) is 98.8 Å². The van der Waals surface area contributed by atoms with Gasteiger partial charge in [-0.15, -0.1) is 0 Å². The first-order valence-electron chi connectivity index (χ1n) is 7.96. The summed E-state index contributed by atoms with van der Waals surface area (Å²) in [6, 6.07) is 8.74. The van der Waals surface area contributed by atoms with Crippen molar-refractivity contribution in [2.75, 3.05) is 21.2 Å². The van der Waals surface area contributed by atoms with Crippen LogP contribution in [0.5, 0.6) is 5.75 Å². The molecule has 3 aromatic rings. The number of methoxy groups -OCH3 is 1. The van der Waals surface area contributed by atoms with Crippen molar-refractivity contribution in [3.63, 3.8) is 0 Å². The van der Waals surface area contributed by atoms with Crippen molar-refractivity contribution < 1.29 is 17.6 Å². The fraction of sp³-hybridized carbons (Fsp3) is 0.222. The molecule has 0 unspecified atom stereocenters. The van der Waals surface area contributed by atoms with Crippen LogP contribution in [0.25, 0.3) is 11.0 Å². The van der Waals surface area contributed by atoms with Gasteiger partial charge in [0, 0.05) is 43.9 Å². The average Bonchev–Trinajstić information content (AvgIpc) is 2.62. The van der Waals surface area contributed by atoms with E-state index >= 15 is 0 Å². The first kappa shape index (κ1) is 18.9. The molecule has 3 rings (SSSR count). The number of benzene rings is 1. The summed E-state index contributed by atoms with van der Waals surface area (Å²) in [6.07, 6.45) is 1.27. The second kappa shape index (κ2) is 7.01. The summed E-state index contributed by atoms with van der Waals surface area (Å²) in [5, 5.41) is 0.628. The Balaban J connectivity index is 2.13. The molecular weight excluding hydrogens is 372 g/mol. The van der Waals surface area contributed by atoms with Gasteiger partial charge in [0.25, 0.3) is 5.56 Å². The van der Waals surface area contributed by atoms with Crippen molar-refractivity contribution in [3.8, 4) is 5.75 Å². The molecule has 0 N–H and O–H groups in total. The Morgan fingerprint density at radius 2 is 1.85 bits per heavy atom. The largest absolute Gasteiger partial charge is 0.497 e. The maximum atomic E-state index is 12.3. The third-order valence-corrected chi connectivity index (χ3v) is 5.91. The van der Waals surface area contributed by atoms with Crippen molar-refractivity contribution in [3.05, 3.63) is 68.9 Å². The molecule has 0 fully saturated rings. The van der Waals surface area contributed by atoms with Gasteiger partial charge in [0.05, 0.1) is 18.6 Å².